The molecule has 1 aromatic carbocycles. The number of methoxy groups -OCH3 is 1. The molecule has 2 unspecified atom stereocenters. The number of thioether (sulfide) groups is 1. The van der Waals surface area contributed by atoms with Crippen LogP contribution in [0, 0.1) is 0 Å². The molecule has 1 aliphatic heterocycles. The van der Waals surface area contributed by atoms with Gasteiger partial charge < -0.3 is 9.84 Å². The van der Waals surface area contributed by atoms with Gasteiger partial charge in [-0.2, -0.15) is 4.31 Å². The molecule has 1 heterocycles. The van der Waals surface area contributed by atoms with Gasteiger partial charge in [-0.15, -0.1) is 11.8 Å². The number of halogens is 1. The van der Waals surface area contributed by atoms with E-state index >= 15 is 0 Å². The third-order valence-corrected chi connectivity index (χ3v) is 7.09. The highest BCUT2D eigenvalue weighted by Crippen LogP contribution is 2.36. The van der Waals surface area contributed by atoms with Crippen molar-refractivity contribution in [2.75, 3.05) is 12.9 Å². The Kier molecular flexibility index (Phi) is 4.86. The third-order valence-electron chi connectivity index (χ3n) is 3.14. The maximum Gasteiger partial charge on any atom is 0.322 e. The van der Waals surface area contributed by atoms with Gasteiger partial charge in [0.15, 0.2) is 0 Å². The SMILES string of the molecule is COc1ccc(S(=O)(=O)N2C(C)SCC2C(=O)O)cc1Br. The molecule has 0 aliphatic carbocycles. The quantitative estimate of drug-likeness (QED) is 0.838. The minimum absolute atomic E-state index is 0.0378. The lowest BCUT2D eigenvalue weighted by Crippen LogP contribution is -2.44. The first-order chi connectivity index (χ1) is 9.78. The standard InChI is InChI=1S/C12H14BrNO5S2/c1-7-14(10(6-20-7)12(15)16)21(17,18)8-3-4-11(19-2)9(13)5-8/h3-5,7,10H,6H2,1-2H3,(H,15,16). The Balaban J connectivity index is 2.46. The molecule has 21 heavy (non-hydrogen) atoms. The maximum atomic E-state index is 12.7. The zero-order valence-electron chi connectivity index (χ0n) is 11.3. The van der Waals surface area contributed by atoms with Crippen molar-refractivity contribution in [3.05, 3.63) is 22.7 Å². The van der Waals surface area contributed by atoms with E-state index in [1.807, 2.05) is 0 Å². The van der Waals surface area contributed by atoms with Crippen LogP contribution >= 0.6 is 27.7 Å². The Bertz CT molecular complexity index is 664. The van der Waals surface area contributed by atoms with Crippen molar-refractivity contribution in [3.8, 4) is 5.75 Å². The maximum absolute atomic E-state index is 12.7. The van der Waals surface area contributed by atoms with E-state index in [-0.39, 0.29) is 10.6 Å². The van der Waals surface area contributed by atoms with Gasteiger partial charge in [-0.3, -0.25) is 4.79 Å². The number of hydrogen-bond donors (Lipinski definition) is 1. The Morgan fingerprint density at radius 3 is 2.71 bits per heavy atom. The molecule has 0 amide bonds. The lowest BCUT2D eigenvalue weighted by molar-refractivity contribution is -0.140. The first-order valence-electron chi connectivity index (χ1n) is 6.00. The van der Waals surface area contributed by atoms with Gasteiger partial charge in [-0.05, 0) is 41.1 Å². The normalized spacial score (nSPS) is 23.2. The first-order valence-corrected chi connectivity index (χ1v) is 9.28. The van der Waals surface area contributed by atoms with E-state index in [4.69, 9.17) is 4.74 Å². The number of carbonyl (C=O) groups is 1. The Hall–Kier alpha value is -0.770. The molecule has 1 aliphatic rings. The van der Waals surface area contributed by atoms with E-state index in [0.29, 0.717) is 10.2 Å². The predicted molar refractivity (Wildman–Crippen MR) is 83.1 cm³/mol. The highest BCUT2D eigenvalue weighted by Gasteiger charge is 2.44. The molecule has 9 heteroatoms. The van der Waals surface area contributed by atoms with Gasteiger partial charge in [0.05, 0.1) is 21.9 Å². The number of sulfonamides is 1. The van der Waals surface area contributed by atoms with E-state index in [2.05, 4.69) is 15.9 Å². The summed E-state index contributed by atoms with van der Waals surface area (Å²) in [6.45, 7) is 1.68. The summed E-state index contributed by atoms with van der Waals surface area (Å²) >= 11 is 4.54. The summed E-state index contributed by atoms with van der Waals surface area (Å²) in [5, 5.41) is 8.78. The zero-order chi connectivity index (χ0) is 15.8. The van der Waals surface area contributed by atoms with E-state index in [9.17, 15) is 18.3 Å². The van der Waals surface area contributed by atoms with Gasteiger partial charge in [0, 0.05) is 5.75 Å². The number of ether oxygens (including phenoxy) is 1. The molecule has 1 saturated heterocycles. The largest absolute Gasteiger partial charge is 0.496 e. The molecule has 1 fully saturated rings. The van der Waals surface area contributed by atoms with Gasteiger partial charge in [0.25, 0.3) is 0 Å². The fraction of sp³-hybridized carbons (Fsp3) is 0.417. The summed E-state index contributed by atoms with van der Waals surface area (Å²) in [5.74, 6) is -0.386. The smallest absolute Gasteiger partial charge is 0.322 e. The molecule has 0 spiro atoms. The van der Waals surface area contributed by atoms with Crippen LogP contribution in [0.3, 0.4) is 0 Å². The second kappa shape index (κ2) is 6.15. The van der Waals surface area contributed by atoms with Gasteiger partial charge in [0.1, 0.15) is 11.8 Å². The monoisotopic (exact) mass is 395 g/mol. The number of carboxylic acids is 1. The second-order valence-electron chi connectivity index (χ2n) is 4.42. The average molecular weight is 396 g/mol. The summed E-state index contributed by atoms with van der Waals surface area (Å²) in [6, 6.07) is 3.31. The van der Waals surface area contributed by atoms with E-state index < -0.39 is 27.4 Å². The highest BCUT2D eigenvalue weighted by molar-refractivity contribution is 9.10. The van der Waals surface area contributed by atoms with Gasteiger partial charge in [-0.1, -0.05) is 0 Å². The molecule has 0 radical (unpaired) electrons. The van der Waals surface area contributed by atoms with Crippen LogP contribution < -0.4 is 4.74 Å². The fourth-order valence-corrected chi connectivity index (χ4v) is 6.11. The van der Waals surface area contributed by atoms with Crippen molar-refractivity contribution in [1.82, 2.24) is 4.31 Å². The van der Waals surface area contributed by atoms with Crippen molar-refractivity contribution in [2.24, 2.45) is 0 Å². The van der Waals surface area contributed by atoms with Crippen molar-refractivity contribution < 1.29 is 23.1 Å². The summed E-state index contributed by atoms with van der Waals surface area (Å²) in [5.41, 5.74) is 0. The van der Waals surface area contributed by atoms with E-state index in [1.165, 1.54) is 37.1 Å². The predicted octanol–water partition coefficient (Wildman–Crippen LogP) is 1.99. The van der Waals surface area contributed by atoms with Gasteiger partial charge in [-0.25, -0.2) is 8.42 Å². The van der Waals surface area contributed by atoms with Crippen LogP contribution in [-0.4, -0.2) is 48.1 Å². The number of nitrogens with zero attached hydrogens (tertiary/aromatic N) is 1. The van der Waals surface area contributed by atoms with Crippen molar-refractivity contribution in [3.63, 3.8) is 0 Å². The minimum atomic E-state index is -3.88. The molecular weight excluding hydrogens is 382 g/mol. The number of carboxylic acid groups (broad SMARTS) is 1. The van der Waals surface area contributed by atoms with Gasteiger partial charge >= 0.3 is 5.97 Å². The van der Waals surface area contributed by atoms with Crippen LogP contribution in [0.4, 0.5) is 0 Å². The van der Waals surface area contributed by atoms with Crippen LogP contribution in [0.15, 0.2) is 27.6 Å². The van der Waals surface area contributed by atoms with E-state index in [1.54, 1.807) is 6.92 Å². The van der Waals surface area contributed by atoms with Crippen LogP contribution in [-0.2, 0) is 14.8 Å². The Labute approximate surface area is 135 Å². The van der Waals surface area contributed by atoms with Crippen molar-refractivity contribution in [2.45, 2.75) is 23.2 Å². The van der Waals surface area contributed by atoms with Crippen LogP contribution in [0.1, 0.15) is 6.92 Å². The molecule has 2 atom stereocenters. The molecule has 0 aromatic heterocycles. The Morgan fingerprint density at radius 2 is 2.19 bits per heavy atom. The summed E-state index contributed by atoms with van der Waals surface area (Å²) < 4.78 is 32.0. The molecular formula is C12H14BrNO5S2. The summed E-state index contributed by atoms with van der Waals surface area (Å²) in [6.07, 6.45) is 0. The summed E-state index contributed by atoms with van der Waals surface area (Å²) in [7, 11) is -2.40. The van der Waals surface area contributed by atoms with Crippen LogP contribution in [0.25, 0.3) is 0 Å². The second-order valence-corrected chi connectivity index (χ2v) is 8.46. The number of hydrogen-bond acceptors (Lipinski definition) is 5. The third kappa shape index (κ3) is 3.05. The lowest BCUT2D eigenvalue weighted by Gasteiger charge is -2.24. The summed E-state index contributed by atoms with van der Waals surface area (Å²) in [4.78, 5) is 11.3. The zero-order valence-corrected chi connectivity index (χ0v) is 14.5. The first kappa shape index (κ1) is 16.6. The topological polar surface area (TPSA) is 83.9 Å². The van der Waals surface area contributed by atoms with Crippen LogP contribution in [0.2, 0.25) is 0 Å². The molecule has 0 bridgehead atoms. The molecule has 1 N–H and O–H groups in total. The molecule has 2 rings (SSSR count). The number of benzene rings is 1. The van der Waals surface area contributed by atoms with Crippen molar-refractivity contribution >= 4 is 43.7 Å². The Morgan fingerprint density at radius 1 is 1.52 bits per heavy atom. The van der Waals surface area contributed by atoms with Crippen molar-refractivity contribution in [1.29, 1.82) is 0 Å². The highest BCUT2D eigenvalue weighted by atomic mass is 79.9. The molecule has 6 nitrogen and oxygen atoms in total. The van der Waals surface area contributed by atoms with Crippen LogP contribution in [0.5, 0.6) is 5.75 Å². The van der Waals surface area contributed by atoms with Gasteiger partial charge in [0.2, 0.25) is 10.0 Å². The minimum Gasteiger partial charge on any atom is -0.496 e. The molecule has 0 saturated carbocycles. The van der Waals surface area contributed by atoms with E-state index in [0.717, 1.165) is 4.31 Å². The fourth-order valence-electron chi connectivity index (χ4n) is 2.10. The lowest BCUT2D eigenvalue weighted by atomic mass is 10.3. The molecule has 1 aromatic rings. The number of aliphatic carboxylic acids is 1. The average Bonchev–Trinajstić information content (AvgIpc) is 2.81. The molecule has 116 valence electrons. The number of rotatable bonds is 4.